The van der Waals surface area contributed by atoms with Gasteiger partial charge < -0.3 is 9.64 Å². The van der Waals surface area contributed by atoms with Crippen LogP contribution >= 0.6 is 35.3 Å². The number of rotatable bonds is 3. The molecule has 0 bridgehead atoms. The molecule has 0 unspecified atom stereocenters. The van der Waals surface area contributed by atoms with Crippen molar-refractivity contribution < 1.29 is 14.3 Å². The van der Waals surface area contributed by atoms with Gasteiger partial charge in [0.05, 0.1) is 13.5 Å². The average molecular weight is 372 g/mol. The van der Waals surface area contributed by atoms with E-state index in [0.29, 0.717) is 23.6 Å². The molecule has 1 atom stereocenters. The smallest absolute Gasteiger partial charge is 0.333 e. The molecule has 1 amide bonds. The van der Waals surface area contributed by atoms with Gasteiger partial charge in [0, 0.05) is 22.0 Å². The highest BCUT2D eigenvalue weighted by atomic mass is 35.5. The zero-order chi connectivity index (χ0) is 15.7. The molecule has 4 nitrogen and oxygen atoms in total. The van der Waals surface area contributed by atoms with E-state index in [9.17, 15) is 9.59 Å². The Morgan fingerprint density at radius 2 is 2.09 bits per heavy atom. The summed E-state index contributed by atoms with van der Waals surface area (Å²) in [5, 5.41) is 2.41. The predicted octanol–water partition coefficient (Wildman–Crippen LogP) is 3.62. The lowest BCUT2D eigenvalue weighted by Crippen LogP contribution is -2.42. The normalized spacial score (nSPS) is 14.7. The Hall–Kier alpha value is -1.56. The number of esters is 1. The summed E-state index contributed by atoms with van der Waals surface area (Å²) in [6, 6.07) is 8.20. The lowest BCUT2D eigenvalue weighted by molar-refractivity contribution is -0.154. The van der Waals surface area contributed by atoms with Crippen LogP contribution in [0.1, 0.15) is 22.0 Å². The van der Waals surface area contributed by atoms with Gasteiger partial charge in [0.15, 0.2) is 6.04 Å². The van der Waals surface area contributed by atoms with Crippen LogP contribution in [0.2, 0.25) is 5.02 Å². The molecule has 3 rings (SSSR count). The third-order valence-corrected chi connectivity index (χ3v) is 5.05. The summed E-state index contributed by atoms with van der Waals surface area (Å²) in [6.07, 6.45) is 0.310. The van der Waals surface area contributed by atoms with Gasteiger partial charge in [-0.2, -0.15) is 0 Å². The fourth-order valence-electron chi connectivity index (χ4n) is 2.64. The van der Waals surface area contributed by atoms with E-state index in [0.717, 1.165) is 10.4 Å². The number of benzene rings is 1. The van der Waals surface area contributed by atoms with E-state index < -0.39 is 12.0 Å². The van der Waals surface area contributed by atoms with Gasteiger partial charge in [0.2, 0.25) is 5.91 Å². The van der Waals surface area contributed by atoms with Crippen LogP contribution in [0.3, 0.4) is 0 Å². The standard InChI is InChI=1S/C16H14ClNO3S.ClH/c1-21-16(20)15(11-4-2-3-5-12(11)17)18-9-10-6-7-22-13(10)8-14(18)19;/h2-7,15H,8-9H2,1H3;1H/t15-;/m0./s1. The third kappa shape index (κ3) is 3.37. The van der Waals surface area contributed by atoms with Gasteiger partial charge in [0.1, 0.15) is 0 Å². The van der Waals surface area contributed by atoms with Gasteiger partial charge in [-0.05, 0) is 23.1 Å². The van der Waals surface area contributed by atoms with Crippen LogP contribution < -0.4 is 0 Å². The van der Waals surface area contributed by atoms with Crippen LogP contribution in [0.15, 0.2) is 35.7 Å². The molecule has 1 aromatic heterocycles. The fraction of sp³-hybridized carbons (Fsp3) is 0.250. The van der Waals surface area contributed by atoms with Crippen molar-refractivity contribution in [2.24, 2.45) is 0 Å². The topological polar surface area (TPSA) is 46.6 Å². The molecule has 2 heterocycles. The van der Waals surface area contributed by atoms with E-state index >= 15 is 0 Å². The molecule has 0 radical (unpaired) electrons. The minimum Gasteiger partial charge on any atom is -0.467 e. The Balaban J connectivity index is 0.00000192. The van der Waals surface area contributed by atoms with Crippen molar-refractivity contribution >= 4 is 47.2 Å². The second-order valence-corrected chi connectivity index (χ2v) is 6.42. The number of amides is 1. The molecular weight excluding hydrogens is 357 g/mol. The van der Waals surface area contributed by atoms with E-state index in [1.165, 1.54) is 7.11 Å². The van der Waals surface area contributed by atoms with Gasteiger partial charge in [-0.25, -0.2) is 4.79 Å². The summed E-state index contributed by atoms with van der Waals surface area (Å²) in [5.74, 6) is -0.578. The fourth-order valence-corrected chi connectivity index (χ4v) is 3.77. The highest BCUT2D eigenvalue weighted by molar-refractivity contribution is 7.10. The molecule has 2 aromatic rings. The molecule has 0 aliphatic carbocycles. The first-order valence-corrected chi connectivity index (χ1v) is 8.04. The average Bonchev–Trinajstić information content (AvgIpc) is 2.96. The SMILES string of the molecule is COC(=O)[C@H](c1ccccc1Cl)N1Cc2ccsc2CC1=O.Cl. The number of hydrogen-bond donors (Lipinski definition) is 0. The Bertz CT molecular complexity index is 732. The zero-order valence-corrected chi connectivity index (χ0v) is 14.7. The molecule has 1 aromatic carbocycles. The first kappa shape index (κ1) is 17.8. The van der Waals surface area contributed by atoms with Crippen molar-refractivity contribution in [3.05, 3.63) is 56.7 Å². The van der Waals surface area contributed by atoms with Gasteiger partial charge in [-0.15, -0.1) is 23.7 Å². The quantitative estimate of drug-likeness (QED) is 0.774. The van der Waals surface area contributed by atoms with Crippen LogP contribution in [0.25, 0.3) is 0 Å². The molecule has 0 spiro atoms. The number of halogens is 2. The van der Waals surface area contributed by atoms with Crippen LogP contribution in [0.4, 0.5) is 0 Å². The highest BCUT2D eigenvalue weighted by Gasteiger charge is 2.36. The molecular formula is C16H15Cl2NO3S. The minimum absolute atomic E-state index is 0. The Labute approximate surface area is 149 Å². The minimum atomic E-state index is -0.820. The van der Waals surface area contributed by atoms with E-state index in [2.05, 4.69) is 0 Å². The van der Waals surface area contributed by atoms with Crippen LogP contribution in [0, 0.1) is 0 Å². The maximum Gasteiger partial charge on any atom is 0.333 e. The molecule has 0 N–H and O–H groups in total. The van der Waals surface area contributed by atoms with Crippen LogP contribution in [-0.2, 0) is 27.3 Å². The van der Waals surface area contributed by atoms with Crippen molar-refractivity contribution in [3.8, 4) is 0 Å². The first-order valence-electron chi connectivity index (χ1n) is 6.78. The lowest BCUT2D eigenvalue weighted by Gasteiger charge is -2.33. The van der Waals surface area contributed by atoms with Gasteiger partial charge in [-0.1, -0.05) is 29.8 Å². The van der Waals surface area contributed by atoms with Crippen molar-refractivity contribution in [2.45, 2.75) is 19.0 Å². The van der Waals surface area contributed by atoms with E-state index in [4.69, 9.17) is 16.3 Å². The summed E-state index contributed by atoms with van der Waals surface area (Å²) in [6.45, 7) is 0.392. The van der Waals surface area contributed by atoms with Crippen molar-refractivity contribution in [1.82, 2.24) is 4.90 Å². The van der Waals surface area contributed by atoms with Crippen LogP contribution in [0.5, 0.6) is 0 Å². The highest BCUT2D eigenvalue weighted by Crippen LogP contribution is 2.34. The maximum absolute atomic E-state index is 12.5. The summed E-state index contributed by atoms with van der Waals surface area (Å²) in [4.78, 5) is 27.4. The molecule has 0 saturated heterocycles. The Morgan fingerprint density at radius 1 is 1.35 bits per heavy atom. The second kappa shape index (κ2) is 7.34. The number of methoxy groups -OCH3 is 1. The first-order chi connectivity index (χ1) is 10.6. The summed E-state index contributed by atoms with van der Waals surface area (Å²) in [5.41, 5.74) is 1.66. The second-order valence-electron chi connectivity index (χ2n) is 5.01. The van der Waals surface area contributed by atoms with Crippen molar-refractivity contribution in [2.75, 3.05) is 7.11 Å². The maximum atomic E-state index is 12.5. The number of carbonyl (C=O) groups is 2. The molecule has 1 aliphatic heterocycles. The lowest BCUT2D eigenvalue weighted by atomic mass is 10.0. The number of ether oxygens (including phenoxy) is 1. The number of fused-ring (bicyclic) bond motifs is 1. The molecule has 0 saturated carbocycles. The van der Waals surface area contributed by atoms with Gasteiger partial charge in [-0.3, -0.25) is 4.79 Å². The number of hydrogen-bond acceptors (Lipinski definition) is 4. The van der Waals surface area contributed by atoms with Crippen LogP contribution in [-0.4, -0.2) is 23.9 Å². The largest absolute Gasteiger partial charge is 0.467 e. The third-order valence-electron chi connectivity index (χ3n) is 3.75. The summed E-state index contributed by atoms with van der Waals surface area (Å²) in [7, 11) is 1.32. The Morgan fingerprint density at radius 3 is 2.78 bits per heavy atom. The molecule has 122 valence electrons. The number of thiophene rings is 1. The Kier molecular flexibility index (Phi) is 5.68. The van der Waals surface area contributed by atoms with Gasteiger partial charge >= 0.3 is 5.97 Å². The number of carbonyl (C=O) groups excluding carboxylic acids is 2. The van der Waals surface area contributed by atoms with Crippen molar-refractivity contribution in [1.29, 1.82) is 0 Å². The zero-order valence-electron chi connectivity index (χ0n) is 12.3. The molecule has 0 fully saturated rings. The number of nitrogens with zero attached hydrogens (tertiary/aromatic N) is 1. The van der Waals surface area contributed by atoms with E-state index in [1.54, 1.807) is 40.5 Å². The van der Waals surface area contributed by atoms with Crippen molar-refractivity contribution in [3.63, 3.8) is 0 Å². The van der Waals surface area contributed by atoms with E-state index in [-0.39, 0.29) is 18.3 Å². The molecule has 7 heteroatoms. The molecule has 23 heavy (non-hydrogen) atoms. The summed E-state index contributed by atoms with van der Waals surface area (Å²) >= 11 is 7.79. The predicted molar refractivity (Wildman–Crippen MR) is 92.0 cm³/mol. The van der Waals surface area contributed by atoms with E-state index in [1.807, 2.05) is 11.4 Å². The molecule has 1 aliphatic rings. The van der Waals surface area contributed by atoms with Gasteiger partial charge in [0.25, 0.3) is 0 Å². The monoisotopic (exact) mass is 371 g/mol. The summed E-state index contributed by atoms with van der Waals surface area (Å²) < 4.78 is 4.90.